The molecule has 0 unspecified atom stereocenters. The van der Waals surface area contributed by atoms with Gasteiger partial charge in [-0.15, -0.1) is 0 Å². The van der Waals surface area contributed by atoms with Gasteiger partial charge in [-0.1, -0.05) is 11.6 Å². The lowest BCUT2D eigenvalue weighted by molar-refractivity contribution is 0.191. The van der Waals surface area contributed by atoms with E-state index in [2.05, 4.69) is 25.3 Å². The zero-order valence-electron chi connectivity index (χ0n) is 20.0. The average molecular weight is 522 g/mol. The standard InChI is InChI=1S/C22H28ClN7O4S/c1-12(2)30-11-16(17-6-7-24-21(27-17)25-10-14(4)26-22(31)32)20(28-30)15-8-13(3)9-18(19(15)23)29-35(5,33)34/h6-9,11-12,14,26,29H,10H2,1-5H3,(H,31,32)(H,24,25,27)/t14-/m0/s1. The maximum atomic E-state index is 11.8. The second-order valence-corrected chi connectivity index (χ2v) is 10.6. The van der Waals surface area contributed by atoms with Crippen LogP contribution in [0.4, 0.5) is 16.4 Å². The summed E-state index contributed by atoms with van der Waals surface area (Å²) in [6, 6.07) is 4.92. The van der Waals surface area contributed by atoms with Gasteiger partial charge in [-0.2, -0.15) is 5.10 Å². The molecule has 2 aromatic heterocycles. The number of aryl methyl sites for hydroxylation is 1. The normalized spacial score (nSPS) is 12.4. The minimum Gasteiger partial charge on any atom is -0.465 e. The Balaban J connectivity index is 2.06. The Morgan fingerprint density at radius 3 is 2.57 bits per heavy atom. The van der Waals surface area contributed by atoms with Gasteiger partial charge in [0.1, 0.15) is 5.69 Å². The van der Waals surface area contributed by atoms with Crippen LogP contribution < -0.4 is 15.4 Å². The Kier molecular flexibility index (Phi) is 7.86. The predicted octanol–water partition coefficient (Wildman–Crippen LogP) is 3.99. The number of benzene rings is 1. The first kappa shape index (κ1) is 26.2. The molecule has 188 valence electrons. The van der Waals surface area contributed by atoms with Crippen molar-refractivity contribution < 1.29 is 18.3 Å². The van der Waals surface area contributed by atoms with Crippen LogP contribution in [0.2, 0.25) is 5.02 Å². The minimum absolute atomic E-state index is 0.0436. The molecule has 2 heterocycles. The molecule has 11 nitrogen and oxygen atoms in total. The molecule has 0 bridgehead atoms. The molecule has 3 aromatic rings. The number of halogens is 1. The highest BCUT2D eigenvalue weighted by atomic mass is 35.5. The maximum absolute atomic E-state index is 11.8. The zero-order chi connectivity index (χ0) is 25.9. The summed E-state index contributed by atoms with van der Waals surface area (Å²) in [5, 5.41) is 19.2. The van der Waals surface area contributed by atoms with Crippen LogP contribution >= 0.6 is 11.6 Å². The van der Waals surface area contributed by atoms with Gasteiger partial charge < -0.3 is 15.7 Å². The molecule has 0 fully saturated rings. The van der Waals surface area contributed by atoms with Crippen molar-refractivity contribution in [2.75, 3.05) is 22.8 Å². The van der Waals surface area contributed by atoms with Gasteiger partial charge in [-0.25, -0.2) is 23.2 Å². The summed E-state index contributed by atoms with van der Waals surface area (Å²) in [6.07, 6.45) is 3.39. The number of sulfonamides is 1. The van der Waals surface area contributed by atoms with Crippen molar-refractivity contribution >= 4 is 39.4 Å². The number of amides is 1. The van der Waals surface area contributed by atoms with Gasteiger partial charge in [-0.05, 0) is 51.5 Å². The van der Waals surface area contributed by atoms with Crippen LogP contribution in [0, 0.1) is 6.92 Å². The van der Waals surface area contributed by atoms with E-state index in [0.717, 1.165) is 11.8 Å². The van der Waals surface area contributed by atoms with Gasteiger partial charge in [0.15, 0.2) is 0 Å². The van der Waals surface area contributed by atoms with E-state index in [-0.39, 0.29) is 29.3 Å². The van der Waals surface area contributed by atoms with Crippen molar-refractivity contribution in [3.8, 4) is 22.5 Å². The molecule has 0 spiro atoms. The maximum Gasteiger partial charge on any atom is 0.404 e. The van der Waals surface area contributed by atoms with Crippen molar-refractivity contribution in [1.82, 2.24) is 25.1 Å². The van der Waals surface area contributed by atoms with Crippen molar-refractivity contribution in [3.63, 3.8) is 0 Å². The van der Waals surface area contributed by atoms with E-state index in [1.165, 1.54) is 0 Å². The minimum atomic E-state index is -3.54. The SMILES string of the molecule is Cc1cc(NS(C)(=O)=O)c(Cl)c(-c2nn(C(C)C)cc2-c2ccnc(NC[C@H](C)NC(=O)O)n2)c1. The topological polar surface area (TPSA) is 151 Å². The van der Waals surface area contributed by atoms with Crippen molar-refractivity contribution in [1.29, 1.82) is 0 Å². The number of carboxylic acid groups (broad SMARTS) is 1. The summed E-state index contributed by atoms with van der Waals surface area (Å²) >= 11 is 6.65. The van der Waals surface area contributed by atoms with Gasteiger partial charge in [0, 0.05) is 42.1 Å². The number of anilines is 2. The van der Waals surface area contributed by atoms with E-state index in [4.69, 9.17) is 21.8 Å². The summed E-state index contributed by atoms with van der Waals surface area (Å²) in [5.74, 6) is 0.319. The van der Waals surface area contributed by atoms with Gasteiger partial charge in [0.2, 0.25) is 16.0 Å². The predicted molar refractivity (Wildman–Crippen MR) is 136 cm³/mol. The number of nitrogens with zero attached hydrogens (tertiary/aromatic N) is 4. The van der Waals surface area contributed by atoms with Gasteiger partial charge in [0.05, 0.1) is 22.7 Å². The lowest BCUT2D eigenvalue weighted by Crippen LogP contribution is -2.36. The number of nitrogens with one attached hydrogen (secondary N) is 3. The molecule has 0 aliphatic rings. The van der Waals surface area contributed by atoms with E-state index in [1.807, 2.05) is 33.0 Å². The molecule has 0 saturated heterocycles. The second-order valence-electron chi connectivity index (χ2n) is 8.51. The largest absolute Gasteiger partial charge is 0.465 e. The van der Waals surface area contributed by atoms with Crippen LogP contribution in [0.5, 0.6) is 0 Å². The highest BCUT2D eigenvalue weighted by molar-refractivity contribution is 7.92. The number of carbonyl (C=O) groups is 1. The molecular formula is C22H28ClN7O4S. The highest BCUT2D eigenvalue weighted by Gasteiger charge is 2.21. The van der Waals surface area contributed by atoms with Crippen molar-refractivity contribution in [3.05, 3.63) is 41.2 Å². The molecule has 0 aliphatic carbocycles. The summed E-state index contributed by atoms with van der Waals surface area (Å²) in [4.78, 5) is 19.6. The second kappa shape index (κ2) is 10.5. The summed E-state index contributed by atoms with van der Waals surface area (Å²) in [7, 11) is -3.54. The first-order valence-electron chi connectivity index (χ1n) is 10.8. The van der Waals surface area contributed by atoms with Crippen LogP contribution in [-0.4, -0.2) is 58.2 Å². The van der Waals surface area contributed by atoms with Crippen molar-refractivity contribution in [2.24, 2.45) is 0 Å². The number of hydrogen-bond donors (Lipinski definition) is 4. The fraction of sp³-hybridized carbons (Fsp3) is 0.364. The van der Waals surface area contributed by atoms with E-state index < -0.39 is 16.1 Å². The van der Waals surface area contributed by atoms with Gasteiger partial charge in [-0.3, -0.25) is 9.40 Å². The Bertz CT molecular complexity index is 1340. The molecule has 0 saturated carbocycles. The molecular weight excluding hydrogens is 494 g/mol. The quantitative estimate of drug-likeness (QED) is 0.330. The molecule has 0 aliphatic heterocycles. The first-order chi connectivity index (χ1) is 16.3. The summed E-state index contributed by atoms with van der Waals surface area (Å²) in [6.45, 7) is 7.82. The summed E-state index contributed by atoms with van der Waals surface area (Å²) < 4.78 is 27.9. The third-order valence-electron chi connectivity index (χ3n) is 4.90. The van der Waals surface area contributed by atoms with E-state index >= 15 is 0 Å². The molecule has 13 heteroatoms. The molecule has 4 N–H and O–H groups in total. The van der Waals surface area contributed by atoms with Gasteiger partial charge >= 0.3 is 6.09 Å². The number of rotatable bonds is 9. The Morgan fingerprint density at radius 2 is 1.94 bits per heavy atom. The number of aromatic nitrogens is 4. The molecule has 35 heavy (non-hydrogen) atoms. The lowest BCUT2D eigenvalue weighted by atomic mass is 10.0. The molecule has 3 rings (SSSR count). The van der Waals surface area contributed by atoms with Crippen LogP contribution in [-0.2, 0) is 10.0 Å². The lowest BCUT2D eigenvalue weighted by Gasteiger charge is -2.13. The van der Waals surface area contributed by atoms with Crippen LogP contribution in [0.15, 0.2) is 30.6 Å². The fourth-order valence-electron chi connectivity index (χ4n) is 3.36. The highest BCUT2D eigenvalue weighted by Crippen LogP contribution is 2.39. The average Bonchev–Trinajstić information content (AvgIpc) is 3.19. The molecule has 1 atom stereocenters. The molecule has 1 amide bonds. The van der Waals surface area contributed by atoms with Gasteiger partial charge in [0.25, 0.3) is 0 Å². The third-order valence-corrected chi connectivity index (χ3v) is 5.89. The molecule has 1 aromatic carbocycles. The zero-order valence-corrected chi connectivity index (χ0v) is 21.6. The Morgan fingerprint density at radius 1 is 1.23 bits per heavy atom. The number of hydrogen-bond acceptors (Lipinski definition) is 7. The van der Waals surface area contributed by atoms with Crippen LogP contribution in [0.25, 0.3) is 22.5 Å². The Hall–Kier alpha value is -3.38. The van der Waals surface area contributed by atoms with E-state index in [0.29, 0.717) is 28.5 Å². The smallest absolute Gasteiger partial charge is 0.404 e. The fourth-order valence-corrected chi connectivity index (χ4v) is 4.22. The van der Waals surface area contributed by atoms with Crippen LogP contribution in [0.3, 0.4) is 0 Å². The molecule has 0 radical (unpaired) electrons. The van der Waals surface area contributed by atoms with Crippen LogP contribution in [0.1, 0.15) is 32.4 Å². The monoisotopic (exact) mass is 521 g/mol. The van der Waals surface area contributed by atoms with E-state index in [1.54, 1.807) is 29.9 Å². The Labute approximate surface area is 209 Å². The van der Waals surface area contributed by atoms with E-state index in [9.17, 15) is 13.2 Å². The summed E-state index contributed by atoms with van der Waals surface area (Å²) in [5.41, 5.74) is 3.40. The third kappa shape index (κ3) is 6.83. The first-order valence-corrected chi connectivity index (χ1v) is 13.0. The van der Waals surface area contributed by atoms with Crippen molar-refractivity contribution in [2.45, 2.75) is 39.8 Å².